The van der Waals surface area contributed by atoms with E-state index in [1.54, 1.807) is 6.20 Å². The maximum atomic E-state index is 13.1. The van der Waals surface area contributed by atoms with Crippen LogP contribution in [0.4, 0.5) is 0 Å². The minimum absolute atomic E-state index is 0.0842. The molecule has 6 nitrogen and oxygen atoms in total. The molecule has 2 saturated heterocycles. The molecule has 1 amide bonds. The van der Waals surface area contributed by atoms with E-state index in [4.69, 9.17) is 0 Å². The van der Waals surface area contributed by atoms with Crippen molar-refractivity contribution in [1.82, 2.24) is 24.3 Å². The lowest BCUT2D eigenvalue weighted by atomic mass is 10.0. The van der Waals surface area contributed by atoms with Gasteiger partial charge in [0.05, 0.1) is 18.4 Å². The number of carbonyl (C=O) groups is 1. The second-order valence-electron chi connectivity index (χ2n) is 8.22. The van der Waals surface area contributed by atoms with Crippen molar-refractivity contribution in [2.45, 2.75) is 38.3 Å². The van der Waals surface area contributed by atoms with Crippen LogP contribution in [0.15, 0.2) is 48.9 Å². The highest BCUT2D eigenvalue weighted by molar-refractivity contribution is 5.96. The van der Waals surface area contributed by atoms with Gasteiger partial charge in [-0.25, -0.2) is 9.97 Å². The fraction of sp³-hybridized carbons (Fsp3) is 0.435. The van der Waals surface area contributed by atoms with Crippen LogP contribution in [0.3, 0.4) is 0 Å². The first-order valence-corrected chi connectivity index (χ1v) is 10.7. The van der Waals surface area contributed by atoms with E-state index in [0.717, 1.165) is 37.2 Å². The van der Waals surface area contributed by atoms with E-state index in [9.17, 15) is 4.79 Å². The van der Waals surface area contributed by atoms with E-state index in [0.29, 0.717) is 11.6 Å². The van der Waals surface area contributed by atoms with Gasteiger partial charge in [0.1, 0.15) is 5.52 Å². The average molecular weight is 390 g/mol. The minimum Gasteiger partial charge on any atom is -0.337 e. The van der Waals surface area contributed by atoms with E-state index in [-0.39, 0.29) is 5.91 Å². The van der Waals surface area contributed by atoms with Crippen LogP contribution in [0.25, 0.3) is 11.2 Å². The lowest BCUT2D eigenvalue weighted by Crippen LogP contribution is -2.49. The summed E-state index contributed by atoms with van der Waals surface area (Å²) in [4.78, 5) is 26.8. The van der Waals surface area contributed by atoms with Crippen molar-refractivity contribution in [2.24, 2.45) is 0 Å². The Bertz CT molecular complexity index is 993. The number of benzene rings is 1. The fourth-order valence-corrected chi connectivity index (χ4v) is 4.69. The highest BCUT2D eigenvalue weighted by atomic mass is 16.2. The third kappa shape index (κ3) is 3.77. The van der Waals surface area contributed by atoms with Crippen molar-refractivity contribution in [3.8, 4) is 0 Å². The second kappa shape index (κ2) is 7.95. The first-order chi connectivity index (χ1) is 14.3. The Morgan fingerprint density at radius 2 is 1.86 bits per heavy atom. The first-order valence-electron chi connectivity index (χ1n) is 10.7. The molecular weight excluding hydrogens is 362 g/mol. The number of aromatic nitrogens is 3. The molecule has 1 unspecified atom stereocenters. The number of nitrogens with zero attached hydrogens (tertiary/aromatic N) is 5. The summed E-state index contributed by atoms with van der Waals surface area (Å²) in [7, 11) is 0. The number of carbonyl (C=O) groups excluding carboxylic acids is 1. The van der Waals surface area contributed by atoms with Crippen molar-refractivity contribution in [3.05, 3.63) is 60.0 Å². The number of rotatable bonds is 4. The molecule has 4 heterocycles. The monoisotopic (exact) mass is 389 g/mol. The number of imidazole rings is 1. The lowest BCUT2D eigenvalue weighted by Gasteiger charge is -2.37. The topological polar surface area (TPSA) is 54.3 Å². The number of pyridine rings is 1. The lowest BCUT2D eigenvalue weighted by molar-refractivity contribution is 0.0607. The summed E-state index contributed by atoms with van der Waals surface area (Å²) in [5.41, 5.74) is 3.44. The van der Waals surface area contributed by atoms with Crippen LogP contribution in [-0.2, 0) is 6.54 Å². The Hall–Kier alpha value is -2.73. The van der Waals surface area contributed by atoms with Crippen molar-refractivity contribution >= 4 is 17.1 Å². The molecule has 0 radical (unpaired) electrons. The smallest absolute Gasteiger partial charge is 0.255 e. The van der Waals surface area contributed by atoms with Crippen molar-refractivity contribution in [3.63, 3.8) is 0 Å². The van der Waals surface area contributed by atoms with Gasteiger partial charge in [-0.05, 0) is 50.4 Å². The van der Waals surface area contributed by atoms with E-state index in [2.05, 4.69) is 27.0 Å². The Labute approximate surface area is 171 Å². The molecule has 0 bridgehead atoms. The van der Waals surface area contributed by atoms with Gasteiger partial charge in [-0.3, -0.25) is 9.69 Å². The van der Waals surface area contributed by atoms with Crippen molar-refractivity contribution in [2.75, 3.05) is 26.2 Å². The molecule has 1 atom stereocenters. The zero-order valence-electron chi connectivity index (χ0n) is 16.7. The summed E-state index contributed by atoms with van der Waals surface area (Å²) in [6.45, 7) is 4.75. The van der Waals surface area contributed by atoms with E-state index in [1.807, 2.05) is 40.1 Å². The molecule has 0 aliphatic carbocycles. The van der Waals surface area contributed by atoms with Gasteiger partial charge in [0.2, 0.25) is 0 Å². The molecule has 6 heteroatoms. The van der Waals surface area contributed by atoms with Gasteiger partial charge in [-0.1, -0.05) is 30.3 Å². The largest absolute Gasteiger partial charge is 0.337 e. The van der Waals surface area contributed by atoms with Crippen LogP contribution >= 0.6 is 0 Å². The van der Waals surface area contributed by atoms with E-state index >= 15 is 0 Å². The van der Waals surface area contributed by atoms with Gasteiger partial charge >= 0.3 is 0 Å². The van der Waals surface area contributed by atoms with E-state index < -0.39 is 0 Å². The Morgan fingerprint density at radius 3 is 2.69 bits per heavy atom. The summed E-state index contributed by atoms with van der Waals surface area (Å²) in [6.07, 6.45) is 8.38. The first kappa shape index (κ1) is 18.3. The second-order valence-corrected chi connectivity index (χ2v) is 8.22. The average Bonchev–Trinajstić information content (AvgIpc) is 3.44. The number of hydrogen-bond donors (Lipinski definition) is 0. The SMILES string of the molecule is O=C(c1cnc2c(c1)ncn2Cc1ccccc1)N1CCCC(N2CCCC2)C1. The quantitative estimate of drug-likeness (QED) is 0.688. The maximum Gasteiger partial charge on any atom is 0.255 e. The summed E-state index contributed by atoms with van der Waals surface area (Å²) in [6, 6.07) is 12.7. The highest BCUT2D eigenvalue weighted by Crippen LogP contribution is 2.22. The molecule has 3 aromatic rings. The summed E-state index contributed by atoms with van der Waals surface area (Å²) in [5.74, 6) is 0.0842. The Balaban J connectivity index is 1.33. The number of fused-ring (bicyclic) bond motifs is 1. The standard InChI is InChI=1S/C23H27N5O/c29-23(27-12-6-9-20(16-27)26-10-4-5-11-26)19-13-21-22(24-14-19)28(17-25-21)15-18-7-2-1-3-8-18/h1-3,7-8,13-14,17,20H,4-6,9-12,15-16H2. The molecule has 0 spiro atoms. The number of amides is 1. The van der Waals surface area contributed by atoms with Crippen LogP contribution in [0.1, 0.15) is 41.6 Å². The molecule has 2 aliphatic heterocycles. The van der Waals surface area contributed by atoms with Crippen LogP contribution in [0.2, 0.25) is 0 Å². The van der Waals surface area contributed by atoms with Crippen LogP contribution in [0, 0.1) is 0 Å². The minimum atomic E-state index is 0.0842. The fourth-order valence-electron chi connectivity index (χ4n) is 4.69. The third-order valence-electron chi connectivity index (χ3n) is 6.24. The Kier molecular flexibility index (Phi) is 5.02. The van der Waals surface area contributed by atoms with Gasteiger partial charge in [-0.15, -0.1) is 0 Å². The zero-order chi connectivity index (χ0) is 19.6. The molecule has 2 aliphatic rings. The molecule has 150 valence electrons. The zero-order valence-corrected chi connectivity index (χ0v) is 16.7. The van der Waals surface area contributed by atoms with E-state index in [1.165, 1.54) is 37.9 Å². The van der Waals surface area contributed by atoms with Gasteiger partial charge < -0.3 is 9.47 Å². The molecular formula is C23H27N5O. The molecule has 29 heavy (non-hydrogen) atoms. The highest BCUT2D eigenvalue weighted by Gasteiger charge is 2.30. The number of piperidine rings is 1. The summed E-state index contributed by atoms with van der Waals surface area (Å²) >= 11 is 0. The van der Waals surface area contributed by atoms with Crippen molar-refractivity contribution in [1.29, 1.82) is 0 Å². The predicted octanol–water partition coefficient (Wildman–Crippen LogP) is 3.18. The molecule has 2 aromatic heterocycles. The maximum absolute atomic E-state index is 13.1. The van der Waals surface area contributed by atoms with Gasteiger partial charge in [0, 0.05) is 25.3 Å². The van der Waals surface area contributed by atoms with Crippen molar-refractivity contribution < 1.29 is 4.79 Å². The molecule has 5 rings (SSSR count). The molecule has 1 aromatic carbocycles. The molecule has 2 fully saturated rings. The third-order valence-corrected chi connectivity index (χ3v) is 6.24. The Morgan fingerprint density at radius 1 is 1.03 bits per heavy atom. The van der Waals surface area contributed by atoms with Gasteiger partial charge in [-0.2, -0.15) is 0 Å². The summed E-state index contributed by atoms with van der Waals surface area (Å²) < 4.78 is 2.03. The summed E-state index contributed by atoms with van der Waals surface area (Å²) in [5, 5.41) is 0. The predicted molar refractivity (Wildman–Crippen MR) is 113 cm³/mol. The molecule has 0 N–H and O–H groups in total. The normalized spacial score (nSPS) is 20.4. The number of hydrogen-bond acceptors (Lipinski definition) is 4. The molecule has 0 saturated carbocycles. The van der Waals surface area contributed by atoms with Crippen LogP contribution in [-0.4, -0.2) is 62.5 Å². The number of likely N-dealkylation sites (tertiary alicyclic amines) is 2. The van der Waals surface area contributed by atoms with Crippen LogP contribution < -0.4 is 0 Å². The van der Waals surface area contributed by atoms with Gasteiger partial charge in [0.15, 0.2) is 5.65 Å². The van der Waals surface area contributed by atoms with Gasteiger partial charge in [0.25, 0.3) is 5.91 Å². The van der Waals surface area contributed by atoms with Crippen LogP contribution in [0.5, 0.6) is 0 Å².